The summed E-state index contributed by atoms with van der Waals surface area (Å²) in [5.41, 5.74) is 1.74. The first-order valence-electron chi connectivity index (χ1n) is 9.48. The number of rotatable bonds is 6. The van der Waals surface area contributed by atoms with Gasteiger partial charge in [-0.15, -0.1) is 0 Å². The molecule has 148 valence electrons. The van der Waals surface area contributed by atoms with Crippen molar-refractivity contribution < 1.29 is 23.0 Å². The number of fused-ring (bicyclic) bond motifs is 1. The lowest BCUT2D eigenvalue weighted by Gasteiger charge is -2.28. The van der Waals surface area contributed by atoms with Crippen LogP contribution in [0.25, 0.3) is 0 Å². The zero-order valence-corrected chi connectivity index (χ0v) is 15.6. The molecule has 2 aromatic carbocycles. The normalized spacial score (nSPS) is 28.5. The Morgan fingerprint density at radius 1 is 0.964 bits per heavy atom. The molecule has 4 nitrogen and oxygen atoms in total. The van der Waals surface area contributed by atoms with Crippen molar-refractivity contribution in [2.45, 2.75) is 44.3 Å². The molecular weight excluding hydrogens is 364 g/mol. The molecule has 1 amide bonds. The van der Waals surface area contributed by atoms with Gasteiger partial charge in [-0.2, -0.15) is 0 Å². The van der Waals surface area contributed by atoms with Crippen LogP contribution >= 0.6 is 0 Å². The Hall–Kier alpha value is -2.31. The van der Waals surface area contributed by atoms with Crippen molar-refractivity contribution in [1.82, 2.24) is 4.90 Å². The molecule has 0 saturated carbocycles. The van der Waals surface area contributed by atoms with Gasteiger partial charge in [-0.1, -0.05) is 67.6 Å². The van der Waals surface area contributed by atoms with Gasteiger partial charge >= 0.3 is 0 Å². The van der Waals surface area contributed by atoms with Crippen LogP contribution in [0.2, 0.25) is 0 Å². The molecule has 2 aliphatic rings. The average Bonchev–Trinajstić information content (AvgIpc) is 3.11. The van der Waals surface area contributed by atoms with E-state index in [1.165, 1.54) is 11.8 Å². The molecule has 4 rings (SSSR count). The van der Waals surface area contributed by atoms with E-state index < -0.39 is 36.0 Å². The summed E-state index contributed by atoms with van der Waals surface area (Å²) >= 11 is 0. The number of halogens is 2. The van der Waals surface area contributed by atoms with Gasteiger partial charge < -0.3 is 14.4 Å². The second-order valence-corrected chi connectivity index (χ2v) is 7.49. The number of carbonyl (C=O) groups excluding carboxylic acids is 1. The van der Waals surface area contributed by atoms with E-state index in [1.807, 2.05) is 60.7 Å². The first-order chi connectivity index (χ1) is 13.5. The molecule has 2 fully saturated rings. The summed E-state index contributed by atoms with van der Waals surface area (Å²) in [5.74, 6) is -4.33. The molecule has 2 saturated heterocycles. The summed E-state index contributed by atoms with van der Waals surface area (Å²) < 4.78 is 41.4. The number of hydrogen-bond donors (Lipinski definition) is 0. The summed E-state index contributed by atoms with van der Waals surface area (Å²) in [4.78, 5) is 14.1. The maximum Gasteiger partial charge on any atom is 0.274 e. The van der Waals surface area contributed by atoms with Crippen LogP contribution in [0.5, 0.6) is 0 Å². The lowest BCUT2D eigenvalue weighted by Crippen LogP contribution is -2.46. The third kappa shape index (κ3) is 3.42. The number of carbonyl (C=O) groups is 1. The molecule has 4 atom stereocenters. The molecule has 2 aliphatic heterocycles. The maximum absolute atomic E-state index is 14.8. The predicted molar refractivity (Wildman–Crippen MR) is 99.7 cm³/mol. The smallest absolute Gasteiger partial charge is 0.274 e. The summed E-state index contributed by atoms with van der Waals surface area (Å²) in [6.07, 6.45) is -2.05. The Balaban J connectivity index is 1.55. The minimum Gasteiger partial charge on any atom is -0.368 e. The van der Waals surface area contributed by atoms with Gasteiger partial charge in [0.15, 0.2) is 6.10 Å². The van der Waals surface area contributed by atoms with Crippen LogP contribution in [0.15, 0.2) is 60.7 Å². The third-order valence-corrected chi connectivity index (χ3v) is 5.55. The maximum atomic E-state index is 14.8. The van der Waals surface area contributed by atoms with E-state index in [1.54, 1.807) is 0 Å². The Labute approximate surface area is 163 Å². The molecule has 28 heavy (non-hydrogen) atoms. The van der Waals surface area contributed by atoms with Crippen molar-refractivity contribution in [2.75, 3.05) is 6.54 Å². The Kier molecular flexibility index (Phi) is 5.17. The van der Waals surface area contributed by atoms with E-state index >= 15 is 0 Å². The zero-order valence-electron chi connectivity index (χ0n) is 15.6. The van der Waals surface area contributed by atoms with Gasteiger partial charge in [-0.05, 0) is 11.1 Å². The highest BCUT2D eigenvalue weighted by atomic mass is 19.3. The summed E-state index contributed by atoms with van der Waals surface area (Å²) in [6.45, 7) is 1.81. The lowest BCUT2D eigenvalue weighted by molar-refractivity contribution is -0.145. The van der Waals surface area contributed by atoms with E-state index in [0.717, 1.165) is 11.1 Å². The van der Waals surface area contributed by atoms with E-state index in [-0.39, 0.29) is 19.8 Å². The van der Waals surface area contributed by atoms with Crippen LogP contribution in [0.4, 0.5) is 8.78 Å². The van der Waals surface area contributed by atoms with Crippen LogP contribution < -0.4 is 0 Å². The van der Waals surface area contributed by atoms with Crippen LogP contribution in [0, 0.1) is 5.92 Å². The molecule has 0 aliphatic carbocycles. The quantitative estimate of drug-likeness (QED) is 0.760. The van der Waals surface area contributed by atoms with Gasteiger partial charge in [0.25, 0.3) is 11.8 Å². The molecule has 0 N–H and O–H groups in total. The van der Waals surface area contributed by atoms with Gasteiger partial charge in [-0.25, -0.2) is 8.78 Å². The minimum atomic E-state index is -3.01. The Bertz CT molecular complexity index is 815. The molecule has 0 bridgehead atoms. The highest BCUT2D eigenvalue weighted by Gasteiger charge is 2.66. The lowest BCUT2D eigenvalue weighted by atomic mass is 9.97. The van der Waals surface area contributed by atoms with E-state index in [0.29, 0.717) is 0 Å². The fourth-order valence-electron chi connectivity index (χ4n) is 3.99. The number of alkyl halides is 2. The molecule has 0 aromatic heterocycles. The van der Waals surface area contributed by atoms with Crippen molar-refractivity contribution in [2.24, 2.45) is 5.92 Å². The van der Waals surface area contributed by atoms with E-state index in [4.69, 9.17) is 9.47 Å². The van der Waals surface area contributed by atoms with Crippen molar-refractivity contribution >= 4 is 5.91 Å². The monoisotopic (exact) mass is 387 g/mol. The average molecular weight is 387 g/mol. The largest absolute Gasteiger partial charge is 0.368 e. The SMILES string of the molecule is C[C@@H]1CN2C(=O)[C@H](OCc3ccccc3)[C@@H](OCc3ccccc3)[C@@H]2C1(F)F. The molecule has 6 heteroatoms. The van der Waals surface area contributed by atoms with Gasteiger partial charge in [0.2, 0.25) is 0 Å². The highest BCUT2D eigenvalue weighted by molar-refractivity contribution is 5.85. The summed E-state index contributed by atoms with van der Waals surface area (Å²) in [6, 6.07) is 17.4. The molecule has 0 unspecified atom stereocenters. The number of benzene rings is 2. The van der Waals surface area contributed by atoms with Crippen molar-refractivity contribution in [3.63, 3.8) is 0 Å². The summed E-state index contributed by atoms with van der Waals surface area (Å²) in [7, 11) is 0. The topological polar surface area (TPSA) is 38.8 Å². The molecular formula is C22H23F2NO3. The van der Waals surface area contributed by atoms with Gasteiger partial charge in [0.1, 0.15) is 12.1 Å². The highest BCUT2D eigenvalue weighted by Crippen LogP contribution is 2.46. The standard InChI is InChI=1S/C22H23F2NO3/c1-15-12-25-20(22(15,23)24)18(27-13-16-8-4-2-5-9-16)19(21(25)26)28-14-17-10-6-3-7-11-17/h2-11,15,18-20H,12-14H2,1H3/t15-,18-,19-,20-/m1/s1. The molecule has 2 aromatic rings. The van der Waals surface area contributed by atoms with Crippen LogP contribution in [-0.4, -0.2) is 41.5 Å². The fourth-order valence-corrected chi connectivity index (χ4v) is 3.99. The minimum absolute atomic E-state index is 0.0207. The Morgan fingerprint density at radius 3 is 2.07 bits per heavy atom. The van der Waals surface area contributed by atoms with Gasteiger partial charge in [-0.3, -0.25) is 4.79 Å². The van der Waals surface area contributed by atoms with Gasteiger partial charge in [0, 0.05) is 12.5 Å². The second kappa shape index (κ2) is 7.60. The fraction of sp³-hybridized carbons (Fsp3) is 0.409. The summed E-state index contributed by atoms with van der Waals surface area (Å²) in [5, 5.41) is 0. The predicted octanol–water partition coefficient (Wildman–Crippen LogP) is 3.65. The van der Waals surface area contributed by atoms with E-state index in [9.17, 15) is 13.6 Å². The van der Waals surface area contributed by atoms with Crippen LogP contribution in [0.1, 0.15) is 18.1 Å². The first kappa shape index (κ1) is 19.0. The van der Waals surface area contributed by atoms with E-state index in [2.05, 4.69) is 0 Å². The zero-order chi connectivity index (χ0) is 19.7. The van der Waals surface area contributed by atoms with Crippen LogP contribution in [-0.2, 0) is 27.5 Å². The molecule has 0 spiro atoms. The number of hydrogen-bond acceptors (Lipinski definition) is 3. The molecule has 2 heterocycles. The van der Waals surface area contributed by atoms with Crippen LogP contribution in [0.3, 0.4) is 0 Å². The Morgan fingerprint density at radius 2 is 1.50 bits per heavy atom. The second-order valence-electron chi connectivity index (χ2n) is 7.49. The van der Waals surface area contributed by atoms with Crippen molar-refractivity contribution in [3.8, 4) is 0 Å². The number of nitrogens with zero attached hydrogens (tertiary/aromatic N) is 1. The van der Waals surface area contributed by atoms with Gasteiger partial charge in [0.05, 0.1) is 13.2 Å². The third-order valence-electron chi connectivity index (χ3n) is 5.55. The first-order valence-corrected chi connectivity index (χ1v) is 9.48. The number of ether oxygens (including phenoxy) is 2. The van der Waals surface area contributed by atoms with Crippen molar-refractivity contribution in [3.05, 3.63) is 71.8 Å². The van der Waals surface area contributed by atoms with Crippen molar-refractivity contribution in [1.29, 1.82) is 0 Å². The number of amides is 1. The molecule has 0 radical (unpaired) electrons.